The number of nitrogens with one attached hydrogen (secondary N) is 1. The monoisotopic (exact) mass is 740 g/mol. The molecule has 8 rings (SSSR count). The number of hydrogen-bond donors (Lipinski definition) is 3. The molecule has 0 unspecified atom stereocenters. The molecular weight excluding hydrogens is 703 g/mol. The van der Waals surface area contributed by atoms with Crippen molar-refractivity contribution in [2.45, 2.75) is 50.7 Å². The van der Waals surface area contributed by atoms with Crippen LogP contribution in [0.1, 0.15) is 41.2 Å². The Bertz CT molecular complexity index is 2280. The van der Waals surface area contributed by atoms with Crippen LogP contribution in [0.25, 0.3) is 33.4 Å². The quantitative estimate of drug-likeness (QED) is 0.159. The molecule has 5 aromatic rings. The van der Waals surface area contributed by atoms with Gasteiger partial charge in [0.1, 0.15) is 34.0 Å². The number of β-amino-alcohol motifs (C(OH)–C–C–N with tert-alkyl or cyclic N) is 2. The molecule has 52 heavy (non-hydrogen) atoms. The molecular formula is C39H38Cl2N6O5. The number of methoxy groups -OCH3 is 1. The first-order valence-electron chi connectivity index (χ1n) is 17.4. The van der Waals surface area contributed by atoms with Crippen molar-refractivity contribution in [3.05, 3.63) is 92.5 Å². The number of aliphatic hydroxyl groups is 2. The normalized spacial score (nSPS) is 19.2. The van der Waals surface area contributed by atoms with E-state index in [1.165, 1.54) is 0 Å². The SMILES string of the molecule is COc1nc(O[C@H]2CCc3c(-c4cccc(-c5cc6c(=N)n(CCN7CC(O)C7)cc(C#N)c6o5)c4Cl)cccc32)c(Cl)cc1CN1CC[C@@H](O)C1. The second kappa shape index (κ2) is 14.2. The number of hydrogen-bond acceptors (Lipinski definition) is 10. The number of nitrogens with zero attached hydrogens (tertiary/aromatic N) is 5. The number of furan rings is 1. The maximum absolute atomic E-state index is 9.97. The molecule has 268 valence electrons. The highest BCUT2D eigenvalue weighted by molar-refractivity contribution is 6.36. The lowest BCUT2D eigenvalue weighted by molar-refractivity contribution is 0.000378. The van der Waals surface area contributed by atoms with Gasteiger partial charge in [-0.15, -0.1) is 0 Å². The average molecular weight is 742 g/mol. The van der Waals surface area contributed by atoms with E-state index in [0.29, 0.717) is 88.9 Å². The maximum atomic E-state index is 9.97. The highest BCUT2D eigenvalue weighted by atomic mass is 35.5. The van der Waals surface area contributed by atoms with Gasteiger partial charge < -0.3 is 28.7 Å². The summed E-state index contributed by atoms with van der Waals surface area (Å²) in [5, 5.41) is 39.9. The Kier molecular flexibility index (Phi) is 9.46. The van der Waals surface area contributed by atoms with E-state index in [9.17, 15) is 15.5 Å². The van der Waals surface area contributed by atoms with E-state index in [0.717, 1.165) is 53.6 Å². The van der Waals surface area contributed by atoms with Gasteiger partial charge >= 0.3 is 0 Å². The summed E-state index contributed by atoms with van der Waals surface area (Å²) in [6.07, 6.45) is 2.99. The summed E-state index contributed by atoms with van der Waals surface area (Å²) >= 11 is 13.9. The minimum atomic E-state index is -0.322. The number of halogens is 2. The molecule has 0 amide bonds. The van der Waals surface area contributed by atoms with Crippen LogP contribution in [0, 0.1) is 16.7 Å². The van der Waals surface area contributed by atoms with Crippen LogP contribution in [-0.4, -0.2) is 81.6 Å². The number of pyridine rings is 2. The van der Waals surface area contributed by atoms with Gasteiger partial charge in [-0.2, -0.15) is 10.2 Å². The Hall–Kier alpha value is -4.41. The van der Waals surface area contributed by atoms with Gasteiger partial charge in [-0.1, -0.05) is 53.5 Å². The predicted molar refractivity (Wildman–Crippen MR) is 196 cm³/mol. The third kappa shape index (κ3) is 6.45. The number of nitriles is 1. The molecule has 0 bridgehead atoms. The standard InChI is InChI=1S/C39H38Cl2N6O5/c1-50-38-22(17-45-11-10-24(48)19-45)14-32(40)39(44-38)52-33-9-8-27-26(4-2-5-28(27)33)29-6-3-7-30(35(29)41)34-15-31-36(51-34)23(16-42)18-47(37(31)43)13-12-46-20-25(49)21-46/h2-7,14-15,18,24-25,33,43,48-49H,8-13,17,19-21H2,1H3/t24-,33+/m1/s1. The van der Waals surface area contributed by atoms with Gasteiger partial charge in [0.2, 0.25) is 11.8 Å². The Balaban J connectivity index is 1.07. The summed E-state index contributed by atoms with van der Waals surface area (Å²) < 4.78 is 20.1. The minimum Gasteiger partial charge on any atom is -0.481 e. The summed E-state index contributed by atoms with van der Waals surface area (Å²) in [7, 11) is 1.58. The van der Waals surface area contributed by atoms with Gasteiger partial charge in [-0.3, -0.25) is 15.2 Å². The highest BCUT2D eigenvalue weighted by Crippen LogP contribution is 2.45. The Labute approximate surface area is 310 Å². The smallest absolute Gasteiger partial charge is 0.236 e. The molecule has 2 aromatic carbocycles. The number of benzene rings is 2. The van der Waals surface area contributed by atoms with E-state index >= 15 is 0 Å². The molecule has 3 N–H and O–H groups in total. The summed E-state index contributed by atoms with van der Waals surface area (Å²) in [6, 6.07) is 17.8. The van der Waals surface area contributed by atoms with Gasteiger partial charge in [0.15, 0.2) is 5.58 Å². The molecule has 0 spiro atoms. The lowest BCUT2D eigenvalue weighted by Gasteiger charge is -2.35. The van der Waals surface area contributed by atoms with Crippen LogP contribution in [0.2, 0.25) is 10.0 Å². The molecule has 2 saturated heterocycles. The number of aliphatic hydroxyl groups excluding tert-OH is 2. The molecule has 0 saturated carbocycles. The first kappa shape index (κ1) is 34.7. The zero-order valence-electron chi connectivity index (χ0n) is 28.6. The molecule has 13 heteroatoms. The third-order valence-electron chi connectivity index (χ3n) is 10.4. The fourth-order valence-corrected chi connectivity index (χ4v) is 8.22. The molecule has 0 radical (unpaired) electrons. The topological polar surface area (TPSA) is 144 Å². The second-order valence-corrected chi connectivity index (χ2v) is 14.6. The number of rotatable bonds is 10. The van der Waals surface area contributed by atoms with Crippen molar-refractivity contribution in [3.63, 3.8) is 0 Å². The largest absolute Gasteiger partial charge is 0.481 e. The minimum absolute atomic E-state index is 0.248. The molecule has 2 aliphatic heterocycles. The van der Waals surface area contributed by atoms with E-state index in [4.69, 9.17) is 42.5 Å². The van der Waals surface area contributed by atoms with Crippen molar-refractivity contribution < 1.29 is 24.1 Å². The van der Waals surface area contributed by atoms with Crippen LogP contribution in [-0.2, 0) is 19.5 Å². The van der Waals surface area contributed by atoms with Gasteiger partial charge in [0, 0.05) is 68.7 Å². The van der Waals surface area contributed by atoms with Gasteiger partial charge in [0.05, 0.1) is 29.7 Å². The van der Waals surface area contributed by atoms with Crippen molar-refractivity contribution in [1.82, 2.24) is 19.4 Å². The van der Waals surface area contributed by atoms with Crippen LogP contribution in [0.5, 0.6) is 11.8 Å². The Morgan fingerprint density at radius 1 is 0.981 bits per heavy atom. The molecule has 5 heterocycles. The molecule has 2 fully saturated rings. The second-order valence-electron chi connectivity index (χ2n) is 13.8. The van der Waals surface area contributed by atoms with E-state index in [1.807, 2.05) is 30.3 Å². The summed E-state index contributed by atoms with van der Waals surface area (Å²) in [4.78, 5) is 8.92. The average Bonchev–Trinajstić information content (AvgIpc) is 3.87. The van der Waals surface area contributed by atoms with Gasteiger partial charge in [-0.05, 0) is 54.2 Å². The summed E-state index contributed by atoms with van der Waals surface area (Å²) in [5.74, 6) is 1.23. The van der Waals surface area contributed by atoms with Gasteiger partial charge in [0.25, 0.3) is 0 Å². The van der Waals surface area contributed by atoms with Crippen LogP contribution in [0.15, 0.2) is 59.1 Å². The lowest BCUT2D eigenvalue weighted by atomic mass is 9.95. The fraction of sp³-hybridized carbons (Fsp3) is 0.359. The van der Waals surface area contributed by atoms with E-state index in [2.05, 4.69) is 33.0 Å². The van der Waals surface area contributed by atoms with E-state index in [-0.39, 0.29) is 23.8 Å². The zero-order chi connectivity index (χ0) is 36.1. The third-order valence-corrected chi connectivity index (χ3v) is 11.0. The Morgan fingerprint density at radius 3 is 2.50 bits per heavy atom. The first-order valence-corrected chi connectivity index (χ1v) is 18.2. The van der Waals surface area contributed by atoms with E-state index < -0.39 is 0 Å². The number of fused-ring (bicyclic) bond motifs is 2. The predicted octanol–water partition coefficient (Wildman–Crippen LogP) is 5.94. The van der Waals surface area contributed by atoms with Crippen molar-refractivity contribution in [3.8, 4) is 40.3 Å². The van der Waals surface area contributed by atoms with Crippen molar-refractivity contribution >= 4 is 34.2 Å². The number of likely N-dealkylation sites (tertiary alicyclic amines) is 2. The molecule has 3 aromatic heterocycles. The van der Waals surface area contributed by atoms with Crippen LogP contribution >= 0.6 is 23.2 Å². The molecule has 3 aliphatic rings. The highest BCUT2D eigenvalue weighted by Gasteiger charge is 2.30. The van der Waals surface area contributed by atoms with Crippen molar-refractivity contribution in [2.24, 2.45) is 0 Å². The Morgan fingerprint density at radius 2 is 1.75 bits per heavy atom. The molecule has 2 atom stereocenters. The van der Waals surface area contributed by atoms with Crippen LogP contribution < -0.4 is 15.0 Å². The number of aromatic nitrogens is 2. The summed E-state index contributed by atoms with van der Waals surface area (Å²) in [6.45, 7) is 4.40. The maximum Gasteiger partial charge on any atom is 0.236 e. The molecule has 1 aliphatic carbocycles. The summed E-state index contributed by atoms with van der Waals surface area (Å²) in [5.41, 5.74) is 6.42. The molecule has 11 nitrogen and oxygen atoms in total. The van der Waals surface area contributed by atoms with Crippen LogP contribution in [0.4, 0.5) is 0 Å². The zero-order valence-corrected chi connectivity index (χ0v) is 30.1. The van der Waals surface area contributed by atoms with Gasteiger partial charge in [-0.25, -0.2) is 0 Å². The van der Waals surface area contributed by atoms with Crippen molar-refractivity contribution in [2.75, 3.05) is 39.8 Å². The van der Waals surface area contributed by atoms with E-state index in [1.54, 1.807) is 23.9 Å². The lowest BCUT2D eigenvalue weighted by Crippen LogP contribution is -2.51. The fourth-order valence-electron chi connectivity index (χ4n) is 7.68. The van der Waals surface area contributed by atoms with Crippen LogP contribution in [0.3, 0.4) is 0 Å². The van der Waals surface area contributed by atoms with Crippen molar-refractivity contribution in [1.29, 1.82) is 10.7 Å². The first-order chi connectivity index (χ1) is 25.2. The number of ether oxygens (including phenoxy) is 2.